The number of benzene rings is 1. The van der Waals surface area contributed by atoms with Crippen LogP contribution in [0.4, 0.5) is 5.69 Å². The third-order valence-electron chi connectivity index (χ3n) is 2.25. The molecule has 1 atom stereocenters. The van der Waals surface area contributed by atoms with Crippen LogP contribution in [0.3, 0.4) is 0 Å². The van der Waals surface area contributed by atoms with E-state index in [4.69, 9.17) is 4.74 Å². The number of ether oxygens (including phenoxy) is 2. The maximum Gasteiger partial charge on any atom is 0.322 e. The van der Waals surface area contributed by atoms with Gasteiger partial charge < -0.3 is 9.47 Å². The van der Waals surface area contributed by atoms with Gasteiger partial charge in [0.05, 0.1) is 12.0 Å². The first-order valence-corrected chi connectivity index (χ1v) is 6.87. The smallest absolute Gasteiger partial charge is 0.322 e. The number of carbonyl (C=O) groups is 1. The summed E-state index contributed by atoms with van der Waals surface area (Å²) >= 11 is 6.27. The summed E-state index contributed by atoms with van der Waals surface area (Å²) < 4.78 is 10.5. The van der Waals surface area contributed by atoms with Crippen LogP contribution in [-0.4, -0.2) is 29.4 Å². The Morgan fingerprint density at radius 1 is 1.53 bits per heavy atom. The van der Waals surface area contributed by atoms with E-state index in [2.05, 4.69) is 36.6 Å². The molecule has 0 N–H and O–H groups in total. The molecule has 104 valence electrons. The lowest BCUT2D eigenvalue weighted by Crippen LogP contribution is -2.23. The van der Waals surface area contributed by atoms with E-state index in [1.165, 1.54) is 13.2 Å². The molecule has 8 heteroatoms. The van der Waals surface area contributed by atoms with Gasteiger partial charge in [-0.3, -0.25) is 14.9 Å². The Morgan fingerprint density at radius 3 is 2.68 bits per heavy atom. The minimum atomic E-state index is -0.680. The molecule has 19 heavy (non-hydrogen) atoms. The van der Waals surface area contributed by atoms with Crippen LogP contribution in [0.25, 0.3) is 0 Å². The number of halogens is 2. The largest absolute Gasteiger partial charge is 0.485 e. The van der Waals surface area contributed by atoms with Gasteiger partial charge in [0, 0.05) is 10.5 Å². The van der Waals surface area contributed by atoms with E-state index in [0.29, 0.717) is 10.0 Å². The number of nitrogens with zero attached hydrogens (tertiary/aromatic N) is 1. The number of alkyl halides is 1. The zero-order valence-corrected chi connectivity index (χ0v) is 13.4. The van der Waals surface area contributed by atoms with Crippen LogP contribution in [0.15, 0.2) is 16.6 Å². The van der Waals surface area contributed by atoms with E-state index >= 15 is 0 Å². The van der Waals surface area contributed by atoms with Crippen molar-refractivity contribution in [3.63, 3.8) is 0 Å². The van der Waals surface area contributed by atoms with Crippen molar-refractivity contribution in [3.8, 4) is 5.75 Å². The maximum absolute atomic E-state index is 11.2. The highest BCUT2D eigenvalue weighted by molar-refractivity contribution is 9.10. The van der Waals surface area contributed by atoms with E-state index in [9.17, 15) is 14.9 Å². The fraction of sp³-hybridized carbons (Fsp3) is 0.364. The van der Waals surface area contributed by atoms with E-state index in [1.807, 2.05) is 0 Å². The third kappa shape index (κ3) is 4.17. The van der Waals surface area contributed by atoms with Gasteiger partial charge in [-0.1, -0.05) is 31.9 Å². The zero-order valence-electron chi connectivity index (χ0n) is 10.2. The van der Waals surface area contributed by atoms with Crippen LogP contribution in [0, 0.1) is 17.0 Å². The highest BCUT2D eigenvalue weighted by atomic mass is 79.9. The van der Waals surface area contributed by atoms with Gasteiger partial charge in [0.15, 0.2) is 5.75 Å². The number of esters is 1. The van der Waals surface area contributed by atoms with Crippen molar-refractivity contribution < 1.29 is 19.2 Å². The van der Waals surface area contributed by atoms with Crippen LogP contribution in [-0.2, 0) is 9.53 Å². The Balaban J connectivity index is 2.94. The molecule has 1 unspecified atom stereocenters. The van der Waals surface area contributed by atoms with Crippen molar-refractivity contribution in [2.24, 2.45) is 0 Å². The second kappa shape index (κ2) is 6.85. The van der Waals surface area contributed by atoms with Gasteiger partial charge >= 0.3 is 11.7 Å². The molecule has 0 aliphatic heterocycles. The topological polar surface area (TPSA) is 78.7 Å². The summed E-state index contributed by atoms with van der Waals surface area (Å²) in [6.07, 6.45) is 0. The Bertz CT molecular complexity index is 506. The van der Waals surface area contributed by atoms with Gasteiger partial charge in [-0.05, 0) is 18.6 Å². The van der Waals surface area contributed by atoms with Gasteiger partial charge in [-0.2, -0.15) is 0 Å². The summed E-state index contributed by atoms with van der Waals surface area (Å²) in [5.74, 6) is -0.362. The number of hydrogen-bond donors (Lipinski definition) is 0. The summed E-state index contributed by atoms with van der Waals surface area (Å²) in [4.78, 5) is 20.9. The molecule has 6 nitrogen and oxygen atoms in total. The maximum atomic E-state index is 11.2. The summed E-state index contributed by atoms with van der Waals surface area (Å²) in [6.45, 7) is 1.63. The molecule has 0 bridgehead atoms. The quantitative estimate of drug-likeness (QED) is 0.331. The number of methoxy groups -OCH3 is 1. The van der Waals surface area contributed by atoms with Gasteiger partial charge in [0.2, 0.25) is 0 Å². The Kier molecular flexibility index (Phi) is 5.74. The standard InChI is InChI=1S/C11H11Br2NO5/c1-6-3-7(12)4-9(14(16)17)10(6)19-5-8(13)11(15)18-2/h3-4,8H,5H2,1-2H3. The number of nitro groups is 1. The molecule has 0 heterocycles. The number of rotatable bonds is 5. The van der Waals surface area contributed by atoms with Crippen molar-refractivity contribution in [3.05, 3.63) is 32.3 Å². The Labute approximate surface area is 126 Å². The second-order valence-corrected chi connectivity index (χ2v) is 5.65. The van der Waals surface area contributed by atoms with Crippen molar-refractivity contribution in [2.75, 3.05) is 13.7 Å². The highest BCUT2D eigenvalue weighted by Gasteiger charge is 2.22. The SMILES string of the molecule is COC(=O)C(Br)COc1c(C)cc(Br)cc1[N+](=O)[O-]. The molecule has 0 radical (unpaired) electrons. The predicted molar refractivity (Wildman–Crippen MR) is 75.8 cm³/mol. The van der Waals surface area contributed by atoms with E-state index < -0.39 is 15.7 Å². The van der Waals surface area contributed by atoms with Crippen molar-refractivity contribution >= 4 is 43.5 Å². The molecule has 0 spiro atoms. The van der Waals surface area contributed by atoms with Crippen LogP contribution >= 0.6 is 31.9 Å². The lowest BCUT2D eigenvalue weighted by molar-refractivity contribution is -0.386. The molecule has 0 amide bonds. The monoisotopic (exact) mass is 395 g/mol. The lowest BCUT2D eigenvalue weighted by Gasteiger charge is -2.12. The van der Waals surface area contributed by atoms with Crippen molar-refractivity contribution in [1.29, 1.82) is 0 Å². The van der Waals surface area contributed by atoms with Crippen molar-refractivity contribution in [1.82, 2.24) is 0 Å². The summed E-state index contributed by atoms with van der Waals surface area (Å²) in [5, 5.41) is 11.0. The zero-order chi connectivity index (χ0) is 14.6. The Hall–Kier alpha value is -1.15. The predicted octanol–water partition coefficient (Wildman–Crippen LogP) is 2.98. The summed E-state index contributed by atoms with van der Waals surface area (Å²) in [5.41, 5.74) is 0.446. The molecule has 0 aliphatic carbocycles. The van der Waals surface area contributed by atoms with Gasteiger partial charge in [0.25, 0.3) is 0 Å². The number of hydrogen-bond acceptors (Lipinski definition) is 5. The highest BCUT2D eigenvalue weighted by Crippen LogP contribution is 2.34. The first-order chi connectivity index (χ1) is 8.86. The average molecular weight is 397 g/mol. The van der Waals surface area contributed by atoms with E-state index in [-0.39, 0.29) is 18.0 Å². The molecule has 0 aliphatic rings. The van der Waals surface area contributed by atoms with Crippen molar-refractivity contribution in [2.45, 2.75) is 11.8 Å². The molecule has 0 fully saturated rings. The fourth-order valence-corrected chi connectivity index (χ4v) is 2.27. The summed E-state index contributed by atoms with van der Waals surface area (Å²) in [6, 6.07) is 3.05. The van der Waals surface area contributed by atoms with Crippen LogP contribution in [0.5, 0.6) is 5.75 Å². The molecule has 1 aromatic carbocycles. The second-order valence-electron chi connectivity index (χ2n) is 3.63. The van der Waals surface area contributed by atoms with Crippen LogP contribution in [0.2, 0.25) is 0 Å². The lowest BCUT2D eigenvalue weighted by atomic mass is 10.2. The Morgan fingerprint density at radius 2 is 2.16 bits per heavy atom. The summed E-state index contributed by atoms with van der Waals surface area (Å²) in [7, 11) is 1.25. The van der Waals surface area contributed by atoms with Gasteiger partial charge in [0.1, 0.15) is 11.4 Å². The molecule has 0 saturated carbocycles. The number of nitro benzene ring substituents is 1. The minimum absolute atomic E-state index is 0.0595. The van der Waals surface area contributed by atoms with Gasteiger partial charge in [-0.25, -0.2) is 0 Å². The molecular weight excluding hydrogens is 386 g/mol. The van der Waals surface area contributed by atoms with Crippen LogP contribution < -0.4 is 4.74 Å². The van der Waals surface area contributed by atoms with E-state index in [1.54, 1.807) is 13.0 Å². The van der Waals surface area contributed by atoms with Crippen LogP contribution in [0.1, 0.15) is 5.56 Å². The third-order valence-corrected chi connectivity index (χ3v) is 3.34. The number of carbonyl (C=O) groups excluding carboxylic acids is 1. The van der Waals surface area contributed by atoms with E-state index in [0.717, 1.165) is 0 Å². The first-order valence-electron chi connectivity index (χ1n) is 5.16. The average Bonchev–Trinajstić information content (AvgIpc) is 2.35. The molecule has 0 saturated heterocycles. The molecule has 0 aromatic heterocycles. The van der Waals surface area contributed by atoms with Gasteiger partial charge in [-0.15, -0.1) is 0 Å². The molecule has 1 aromatic rings. The molecular formula is C11H11Br2NO5. The minimum Gasteiger partial charge on any atom is -0.485 e. The fourth-order valence-electron chi connectivity index (χ4n) is 1.39. The normalized spacial score (nSPS) is 11.8. The first kappa shape index (κ1) is 15.9. The number of aryl methyl sites for hydroxylation is 1. The molecule has 1 rings (SSSR count).